The summed E-state index contributed by atoms with van der Waals surface area (Å²) in [4.78, 5) is 22.7. The van der Waals surface area contributed by atoms with Crippen molar-refractivity contribution in [2.24, 2.45) is 5.92 Å². The van der Waals surface area contributed by atoms with Gasteiger partial charge in [-0.2, -0.15) is 0 Å². The summed E-state index contributed by atoms with van der Waals surface area (Å²) < 4.78 is 0. The standard InChI is InChI=1S/C26H39ClN6O/c1-19-4-9-23(29-2)24(19)25(28)32-14-16-33(17-15-32)26(34)22(20-5-7-21(27)8-6-20)18-31-12-10-30(3)11-13-31/h5-8,19,22,28-29H,4,9-18H2,1-3H3/t19-,22-/m1/s1. The molecule has 2 fully saturated rings. The minimum atomic E-state index is -0.194. The van der Waals surface area contributed by atoms with Crippen molar-refractivity contribution in [3.05, 3.63) is 46.1 Å². The van der Waals surface area contributed by atoms with Crippen LogP contribution in [0.5, 0.6) is 0 Å². The summed E-state index contributed by atoms with van der Waals surface area (Å²) in [5.74, 6) is 1.04. The maximum atomic E-state index is 13.8. The van der Waals surface area contributed by atoms with Gasteiger partial charge in [-0.15, -0.1) is 0 Å². The summed E-state index contributed by atoms with van der Waals surface area (Å²) in [6.45, 7) is 9.72. The number of nitrogens with zero attached hydrogens (tertiary/aromatic N) is 4. The normalized spacial score (nSPS) is 23.4. The van der Waals surface area contributed by atoms with Crippen molar-refractivity contribution in [2.75, 3.05) is 73.0 Å². The first-order valence-corrected chi connectivity index (χ1v) is 12.9. The molecule has 0 spiro atoms. The molecule has 0 radical (unpaired) electrons. The number of likely N-dealkylation sites (N-methyl/N-ethyl adjacent to an activating group) is 1. The van der Waals surface area contributed by atoms with Crippen molar-refractivity contribution in [3.63, 3.8) is 0 Å². The second kappa shape index (κ2) is 11.1. The van der Waals surface area contributed by atoms with Gasteiger partial charge in [-0.3, -0.25) is 15.1 Å². The number of piperazine rings is 2. The van der Waals surface area contributed by atoms with E-state index in [4.69, 9.17) is 17.0 Å². The highest BCUT2D eigenvalue weighted by Gasteiger charge is 2.33. The lowest BCUT2D eigenvalue weighted by Crippen LogP contribution is -2.53. The maximum Gasteiger partial charge on any atom is 0.231 e. The van der Waals surface area contributed by atoms with Crippen LogP contribution in [0.1, 0.15) is 31.2 Å². The van der Waals surface area contributed by atoms with Gasteiger partial charge in [0.1, 0.15) is 5.84 Å². The number of rotatable bonds is 6. The van der Waals surface area contributed by atoms with Crippen molar-refractivity contribution < 1.29 is 4.79 Å². The number of carbonyl (C=O) groups is 1. The molecule has 0 aromatic heterocycles. The Morgan fingerprint density at radius 3 is 2.29 bits per heavy atom. The van der Waals surface area contributed by atoms with Gasteiger partial charge in [0.25, 0.3) is 0 Å². The maximum absolute atomic E-state index is 13.8. The summed E-state index contributed by atoms with van der Waals surface area (Å²) in [6.07, 6.45) is 2.12. The molecule has 1 aromatic carbocycles. The lowest BCUT2D eigenvalue weighted by atomic mass is 9.96. The molecule has 186 valence electrons. The van der Waals surface area contributed by atoms with E-state index in [1.54, 1.807) is 0 Å². The Bertz CT molecular complexity index is 900. The molecule has 2 N–H and O–H groups in total. The van der Waals surface area contributed by atoms with Crippen LogP contribution in [0, 0.1) is 11.3 Å². The third-order valence-corrected chi connectivity index (χ3v) is 7.97. The van der Waals surface area contributed by atoms with E-state index in [9.17, 15) is 4.79 Å². The van der Waals surface area contributed by atoms with Crippen LogP contribution in [-0.4, -0.2) is 104 Å². The van der Waals surface area contributed by atoms with Gasteiger partial charge in [0, 0.05) is 82.2 Å². The molecule has 2 aliphatic heterocycles. The van der Waals surface area contributed by atoms with Gasteiger partial charge in [0.15, 0.2) is 0 Å². The fraction of sp³-hybridized carbons (Fsp3) is 0.615. The Labute approximate surface area is 209 Å². The van der Waals surface area contributed by atoms with Crippen LogP contribution in [0.15, 0.2) is 35.5 Å². The predicted octanol–water partition coefficient (Wildman–Crippen LogP) is 2.70. The van der Waals surface area contributed by atoms with Gasteiger partial charge in [-0.05, 0) is 43.5 Å². The smallest absolute Gasteiger partial charge is 0.231 e. The van der Waals surface area contributed by atoms with E-state index in [0.717, 1.165) is 56.7 Å². The third-order valence-electron chi connectivity index (χ3n) is 7.72. The van der Waals surface area contributed by atoms with Gasteiger partial charge in [0.2, 0.25) is 5.91 Å². The van der Waals surface area contributed by atoms with Crippen molar-refractivity contribution in [3.8, 4) is 0 Å². The molecule has 4 rings (SSSR count). The van der Waals surface area contributed by atoms with E-state index in [-0.39, 0.29) is 11.8 Å². The summed E-state index contributed by atoms with van der Waals surface area (Å²) in [7, 11) is 4.10. The first-order chi connectivity index (χ1) is 16.4. The molecule has 1 aromatic rings. The summed E-state index contributed by atoms with van der Waals surface area (Å²) in [5, 5.41) is 12.8. The van der Waals surface area contributed by atoms with E-state index in [1.165, 1.54) is 5.70 Å². The van der Waals surface area contributed by atoms with Crippen LogP contribution in [0.2, 0.25) is 5.02 Å². The summed E-state index contributed by atoms with van der Waals surface area (Å²) in [5.41, 5.74) is 3.38. The van der Waals surface area contributed by atoms with Gasteiger partial charge >= 0.3 is 0 Å². The molecule has 8 heteroatoms. The van der Waals surface area contributed by atoms with Crippen LogP contribution in [-0.2, 0) is 4.79 Å². The fourth-order valence-corrected chi connectivity index (χ4v) is 5.55. The van der Waals surface area contributed by atoms with Gasteiger partial charge < -0.3 is 20.0 Å². The van der Waals surface area contributed by atoms with Crippen molar-refractivity contribution in [2.45, 2.75) is 25.7 Å². The molecule has 2 saturated heterocycles. The molecule has 0 unspecified atom stereocenters. The number of hydrogen-bond donors (Lipinski definition) is 2. The Hall–Kier alpha value is -2.09. The highest BCUT2D eigenvalue weighted by atomic mass is 35.5. The van der Waals surface area contributed by atoms with Crippen molar-refractivity contribution in [1.29, 1.82) is 5.41 Å². The van der Waals surface area contributed by atoms with Crippen molar-refractivity contribution >= 4 is 23.3 Å². The molecule has 1 aliphatic carbocycles. The topological polar surface area (TPSA) is 65.9 Å². The molecule has 3 aliphatic rings. The van der Waals surface area contributed by atoms with Crippen LogP contribution in [0.25, 0.3) is 0 Å². The van der Waals surface area contributed by atoms with Crippen LogP contribution >= 0.6 is 11.6 Å². The Balaban J connectivity index is 1.43. The van der Waals surface area contributed by atoms with Gasteiger partial charge in [0.05, 0.1) is 5.92 Å². The highest BCUT2D eigenvalue weighted by Crippen LogP contribution is 2.32. The van der Waals surface area contributed by atoms with Crippen molar-refractivity contribution in [1.82, 2.24) is 24.9 Å². The molecular weight excluding hydrogens is 448 g/mol. The molecule has 0 saturated carbocycles. The Morgan fingerprint density at radius 2 is 1.68 bits per heavy atom. The number of hydrogen-bond acceptors (Lipinski definition) is 5. The molecule has 2 atom stereocenters. The van der Waals surface area contributed by atoms with Gasteiger partial charge in [-0.25, -0.2) is 0 Å². The van der Waals surface area contributed by atoms with Crippen LogP contribution in [0.4, 0.5) is 0 Å². The number of benzene rings is 1. The highest BCUT2D eigenvalue weighted by molar-refractivity contribution is 6.30. The minimum Gasteiger partial charge on any atom is -0.391 e. The Morgan fingerprint density at radius 1 is 1.06 bits per heavy atom. The average Bonchev–Trinajstić information content (AvgIpc) is 3.24. The monoisotopic (exact) mass is 486 g/mol. The van der Waals surface area contributed by atoms with E-state index >= 15 is 0 Å². The zero-order chi connectivity index (χ0) is 24.2. The van der Waals surface area contributed by atoms with E-state index < -0.39 is 0 Å². The lowest BCUT2D eigenvalue weighted by molar-refractivity contribution is -0.134. The first kappa shape index (κ1) is 25.0. The molecular formula is C26H39ClN6O. The largest absolute Gasteiger partial charge is 0.391 e. The number of halogens is 1. The number of carbonyl (C=O) groups excluding carboxylic acids is 1. The second-order valence-corrected chi connectivity index (χ2v) is 10.4. The molecule has 34 heavy (non-hydrogen) atoms. The summed E-state index contributed by atoms with van der Waals surface area (Å²) >= 11 is 6.14. The number of amides is 1. The average molecular weight is 487 g/mol. The first-order valence-electron chi connectivity index (χ1n) is 12.6. The van der Waals surface area contributed by atoms with E-state index in [2.05, 4.69) is 34.0 Å². The van der Waals surface area contributed by atoms with Crippen LogP contribution in [0.3, 0.4) is 0 Å². The third kappa shape index (κ3) is 5.58. The Kier molecular flexibility index (Phi) is 8.17. The molecule has 2 heterocycles. The van der Waals surface area contributed by atoms with E-state index in [0.29, 0.717) is 43.0 Å². The predicted molar refractivity (Wildman–Crippen MR) is 138 cm³/mol. The zero-order valence-corrected chi connectivity index (χ0v) is 21.6. The molecule has 7 nitrogen and oxygen atoms in total. The number of nitrogens with one attached hydrogen (secondary N) is 2. The van der Waals surface area contributed by atoms with Gasteiger partial charge in [-0.1, -0.05) is 30.7 Å². The minimum absolute atomic E-state index is 0.191. The SMILES string of the molecule is CNC1=C(C(=N)N2CCN(C(=O)[C@H](CN3CCN(C)CC3)c3ccc(Cl)cc3)CC2)[C@H](C)CC1. The lowest BCUT2D eigenvalue weighted by Gasteiger charge is -2.40. The molecule has 0 bridgehead atoms. The number of allylic oxidation sites excluding steroid dienone is 1. The number of amidine groups is 1. The summed E-state index contributed by atoms with van der Waals surface area (Å²) in [6, 6.07) is 7.77. The van der Waals surface area contributed by atoms with Crippen LogP contribution < -0.4 is 5.32 Å². The zero-order valence-electron chi connectivity index (χ0n) is 20.8. The quantitative estimate of drug-likeness (QED) is 0.478. The fourth-order valence-electron chi connectivity index (χ4n) is 5.42. The van der Waals surface area contributed by atoms with E-state index in [1.807, 2.05) is 36.2 Å². The second-order valence-electron chi connectivity index (χ2n) is 9.95. The molecule has 1 amide bonds.